The van der Waals surface area contributed by atoms with Crippen molar-refractivity contribution in [2.45, 2.75) is 45.1 Å². The van der Waals surface area contributed by atoms with E-state index in [-0.39, 0.29) is 17.8 Å². The van der Waals surface area contributed by atoms with Gasteiger partial charge in [0.05, 0.1) is 11.3 Å². The van der Waals surface area contributed by atoms with Gasteiger partial charge in [-0.25, -0.2) is 4.98 Å². The highest BCUT2D eigenvalue weighted by atomic mass is 16.1. The first kappa shape index (κ1) is 13.9. The Bertz CT molecular complexity index is 685. The Morgan fingerprint density at radius 1 is 1.38 bits per heavy atom. The van der Waals surface area contributed by atoms with Gasteiger partial charge in [-0.1, -0.05) is 19.3 Å². The van der Waals surface area contributed by atoms with E-state index in [0.717, 1.165) is 23.9 Å². The van der Waals surface area contributed by atoms with Crippen molar-refractivity contribution in [2.24, 2.45) is 7.05 Å². The second-order valence-electron chi connectivity index (χ2n) is 5.81. The molecule has 6 heteroatoms. The number of anilines is 1. The Labute approximate surface area is 123 Å². The Balaban J connectivity index is 1.90. The van der Waals surface area contributed by atoms with Crippen LogP contribution in [-0.2, 0) is 7.05 Å². The number of nitrogens with two attached hydrogens (primary N) is 1. The van der Waals surface area contributed by atoms with Crippen LogP contribution < -0.4 is 11.1 Å². The molecule has 0 saturated heterocycles. The first-order valence-electron chi connectivity index (χ1n) is 7.47. The number of pyridine rings is 1. The molecule has 3 rings (SSSR count). The van der Waals surface area contributed by atoms with Gasteiger partial charge in [-0.2, -0.15) is 5.10 Å². The predicted octanol–water partition coefficient (Wildman–Crippen LogP) is 1.92. The number of carbonyl (C=O) groups excluding carboxylic acids is 1. The fraction of sp³-hybridized carbons (Fsp3) is 0.533. The van der Waals surface area contributed by atoms with Crippen LogP contribution in [0.5, 0.6) is 0 Å². The van der Waals surface area contributed by atoms with Gasteiger partial charge >= 0.3 is 0 Å². The molecule has 0 spiro atoms. The lowest BCUT2D eigenvalue weighted by atomic mass is 9.95. The number of fused-ring (bicyclic) bond motifs is 1. The minimum atomic E-state index is -0.128. The molecule has 0 aromatic carbocycles. The van der Waals surface area contributed by atoms with E-state index in [4.69, 9.17) is 5.73 Å². The van der Waals surface area contributed by atoms with Gasteiger partial charge in [0.1, 0.15) is 5.82 Å². The number of aromatic nitrogens is 3. The first-order valence-corrected chi connectivity index (χ1v) is 7.47. The van der Waals surface area contributed by atoms with Crippen LogP contribution in [0.15, 0.2) is 6.07 Å². The summed E-state index contributed by atoms with van der Waals surface area (Å²) in [6.07, 6.45) is 5.72. The summed E-state index contributed by atoms with van der Waals surface area (Å²) in [4.78, 5) is 16.8. The van der Waals surface area contributed by atoms with Crippen LogP contribution in [0.1, 0.15) is 48.2 Å². The van der Waals surface area contributed by atoms with E-state index in [1.807, 2.05) is 14.0 Å². The van der Waals surface area contributed by atoms with Crippen molar-refractivity contribution >= 4 is 22.8 Å². The molecular weight excluding hydrogens is 266 g/mol. The average molecular weight is 287 g/mol. The maximum absolute atomic E-state index is 12.4. The lowest BCUT2D eigenvalue weighted by Crippen LogP contribution is -2.36. The molecule has 0 atom stereocenters. The molecule has 1 aliphatic carbocycles. The molecule has 2 aromatic heterocycles. The van der Waals surface area contributed by atoms with Gasteiger partial charge in [0, 0.05) is 18.5 Å². The largest absolute Gasteiger partial charge is 0.383 e. The number of hydrogen-bond donors (Lipinski definition) is 2. The number of carbonyl (C=O) groups is 1. The smallest absolute Gasteiger partial charge is 0.255 e. The van der Waals surface area contributed by atoms with Gasteiger partial charge in [-0.15, -0.1) is 0 Å². The number of rotatable bonds is 2. The third-order valence-corrected chi connectivity index (χ3v) is 4.21. The first-order chi connectivity index (χ1) is 10.1. The topological polar surface area (TPSA) is 85.8 Å². The summed E-state index contributed by atoms with van der Waals surface area (Å²) in [5.41, 5.74) is 7.97. The molecule has 3 N–H and O–H groups in total. The fourth-order valence-corrected chi connectivity index (χ4v) is 3.05. The Kier molecular flexibility index (Phi) is 3.53. The summed E-state index contributed by atoms with van der Waals surface area (Å²) in [5, 5.41) is 8.27. The van der Waals surface area contributed by atoms with Crippen molar-refractivity contribution < 1.29 is 4.79 Å². The molecule has 0 aliphatic heterocycles. The molecule has 1 saturated carbocycles. The number of nitrogen functional groups attached to an aromatic ring is 1. The van der Waals surface area contributed by atoms with Crippen LogP contribution >= 0.6 is 0 Å². The molecule has 6 nitrogen and oxygen atoms in total. The van der Waals surface area contributed by atoms with Crippen LogP contribution in [0, 0.1) is 6.92 Å². The zero-order valence-corrected chi connectivity index (χ0v) is 12.5. The molecule has 0 unspecified atom stereocenters. The van der Waals surface area contributed by atoms with Gasteiger partial charge < -0.3 is 11.1 Å². The monoisotopic (exact) mass is 287 g/mol. The Morgan fingerprint density at radius 3 is 2.81 bits per heavy atom. The quantitative estimate of drug-likeness (QED) is 0.883. The molecule has 2 heterocycles. The molecule has 1 aliphatic rings. The summed E-state index contributed by atoms with van der Waals surface area (Å²) < 4.78 is 1.68. The second-order valence-corrected chi connectivity index (χ2v) is 5.81. The number of aryl methyl sites for hydroxylation is 2. The normalized spacial score (nSPS) is 16.3. The molecule has 0 bridgehead atoms. The van der Waals surface area contributed by atoms with Gasteiger partial charge in [-0.3, -0.25) is 9.48 Å². The lowest BCUT2D eigenvalue weighted by Gasteiger charge is -2.22. The van der Waals surface area contributed by atoms with Crippen molar-refractivity contribution in [3.05, 3.63) is 17.3 Å². The van der Waals surface area contributed by atoms with E-state index in [2.05, 4.69) is 15.4 Å². The van der Waals surface area contributed by atoms with E-state index < -0.39 is 0 Å². The summed E-state index contributed by atoms with van der Waals surface area (Å²) >= 11 is 0. The Hall–Kier alpha value is -2.11. The van der Waals surface area contributed by atoms with Crippen LogP contribution in [-0.4, -0.2) is 26.7 Å². The molecule has 112 valence electrons. The minimum absolute atomic E-state index is 0.128. The number of nitrogens with zero attached hydrogens (tertiary/aromatic N) is 3. The van der Waals surface area contributed by atoms with Gasteiger partial charge in [0.15, 0.2) is 5.65 Å². The van der Waals surface area contributed by atoms with Crippen molar-refractivity contribution in [1.29, 1.82) is 0 Å². The highest BCUT2D eigenvalue weighted by Crippen LogP contribution is 2.22. The molecule has 1 fully saturated rings. The van der Waals surface area contributed by atoms with Crippen LogP contribution in [0.2, 0.25) is 0 Å². The number of amides is 1. The van der Waals surface area contributed by atoms with E-state index in [0.29, 0.717) is 11.2 Å². The Morgan fingerprint density at radius 2 is 2.10 bits per heavy atom. The summed E-state index contributed by atoms with van der Waals surface area (Å²) in [5.74, 6) is 0.135. The van der Waals surface area contributed by atoms with Gasteiger partial charge in [-0.05, 0) is 25.8 Å². The second kappa shape index (κ2) is 5.35. The summed E-state index contributed by atoms with van der Waals surface area (Å²) in [7, 11) is 1.82. The molecule has 0 radical (unpaired) electrons. The highest BCUT2D eigenvalue weighted by Gasteiger charge is 2.20. The van der Waals surface area contributed by atoms with E-state index >= 15 is 0 Å². The molecule has 2 aromatic rings. The van der Waals surface area contributed by atoms with Crippen molar-refractivity contribution in [3.8, 4) is 0 Å². The highest BCUT2D eigenvalue weighted by molar-refractivity contribution is 6.01. The maximum Gasteiger partial charge on any atom is 0.255 e. The lowest BCUT2D eigenvalue weighted by molar-refractivity contribution is 0.0928. The van der Waals surface area contributed by atoms with Gasteiger partial charge in [0.2, 0.25) is 0 Å². The molecule has 1 amide bonds. The third kappa shape index (κ3) is 2.57. The van der Waals surface area contributed by atoms with E-state index in [1.54, 1.807) is 10.7 Å². The van der Waals surface area contributed by atoms with Crippen molar-refractivity contribution in [1.82, 2.24) is 20.1 Å². The number of hydrogen-bond acceptors (Lipinski definition) is 4. The van der Waals surface area contributed by atoms with Crippen LogP contribution in [0.4, 0.5) is 5.82 Å². The van der Waals surface area contributed by atoms with Gasteiger partial charge in [0.25, 0.3) is 5.91 Å². The van der Waals surface area contributed by atoms with Crippen LogP contribution in [0.25, 0.3) is 11.0 Å². The maximum atomic E-state index is 12.4. The third-order valence-electron chi connectivity index (χ3n) is 4.21. The van der Waals surface area contributed by atoms with E-state index in [1.165, 1.54) is 19.3 Å². The van der Waals surface area contributed by atoms with E-state index in [9.17, 15) is 4.79 Å². The predicted molar refractivity (Wildman–Crippen MR) is 82.0 cm³/mol. The summed E-state index contributed by atoms with van der Waals surface area (Å²) in [6.45, 7) is 1.91. The van der Waals surface area contributed by atoms with Crippen LogP contribution in [0.3, 0.4) is 0 Å². The zero-order chi connectivity index (χ0) is 15.0. The number of nitrogens with one attached hydrogen (secondary N) is 1. The zero-order valence-electron chi connectivity index (χ0n) is 12.5. The minimum Gasteiger partial charge on any atom is -0.383 e. The summed E-state index contributed by atoms with van der Waals surface area (Å²) in [6, 6.07) is 2.06. The van der Waals surface area contributed by atoms with Crippen molar-refractivity contribution in [3.63, 3.8) is 0 Å². The molecule has 21 heavy (non-hydrogen) atoms. The van der Waals surface area contributed by atoms with Crippen molar-refractivity contribution in [2.75, 3.05) is 5.73 Å². The molecular formula is C15H21N5O. The SMILES string of the molecule is Cc1nn(C)c2nc(N)c(C(=O)NC3CCCCC3)cc12. The average Bonchev–Trinajstić information content (AvgIpc) is 2.73. The fourth-order valence-electron chi connectivity index (χ4n) is 3.05. The standard InChI is InChI=1S/C15H21N5O/c1-9-11-8-12(13(16)18-14(11)20(2)19-9)15(21)17-10-6-4-3-5-7-10/h8,10H,3-7H2,1-2H3,(H2,16,18)(H,17,21).